The van der Waals surface area contributed by atoms with E-state index in [9.17, 15) is 4.79 Å². The van der Waals surface area contributed by atoms with Gasteiger partial charge in [-0.2, -0.15) is 0 Å². The molecule has 0 aliphatic carbocycles. The Balaban J connectivity index is 1.68. The summed E-state index contributed by atoms with van der Waals surface area (Å²) in [6.45, 7) is 2.08. The summed E-state index contributed by atoms with van der Waals surface area (Å²) in [5, 5.41) is 0. The highest BCUT2D eigenvalue weighted by Gasteiger charge is 2.38. The first-order chi connectivity index (χ1) is 10.8. The minimum Gasteiger partial charge on any atom is -0.457 e. The van der Waals surface area contributed by atoms with E-state index < -0.39 is 0 Å². The lowest BCUT2D eigenvalue weighted by atomic mass is 9.90. The van der Waals surface area contributed by atoms with E-state index in [2.05, 4.69) is 0 Å². The van der Waals surface area contributed by atoms with Crippen LogP contribution in [-0.2, 0) is 30.3 Å². The van der Waals surface area contributed by atoms with Crippen molar-refractivity contribution in [2.45, 2.75) is 12.7 Å². The van der Waals surface area contributed by atoms with Gasteiger partial charge in [-0.25, -0.2) is 4.79 Å². The zero-order chi connectivity index (χ0) is 15.4. The summed E-state index contributed by atoms with van der Waals surface area (Å²) in [6.07, 6.45) is -0.0480. The number of rotatable bonds is 5. The molecule has 22 heavy (non-hydrogen) atoms. The van der Waals surface area contributed by atoms with E-state index in [1.807, 2.05) is 30.3 Å². The van der Waals surface area contributed by atoms with Gasteiger partial charge in [0.2, 0.25) is 0 Å². The maximum atomic E-state index is 12.3. The van der Waals surface area contributed by atoms with Crippen molar-refractivity contribution in [1.82, 2.24) is 0 Å². The van der Waals surface area contributed by atoms with Crippen molar-refractivity contribution in [1.29, 1.82) is 0 Å². The van der Waals surface area contributed by atoms with Crippen molar-refractivity contribution in [3.05, 3.63) is 47.0 Å². The van der Waals surface area contributed by atoms with Crippen LogP contribution in [0.2, 0.25) is 0 Å². The van der Waals surface area contributed by atoms with Gasteiger partial charge in [-0.15, -0.1) is 0 Å². The van der Waals surface area contributed by atoms with Crippen molar-refractivity contribution >= 4 is 5.97 Å². The number of benzene rings is 1. The second-order valence-electron chi connectivity index (χ2n) is 5.49. The molecular weight excluding hydrogens is 284 g/mol. The largest absolute Gasteiger partial charge is 0.457 e. The molecule has 0 amide bonds. The van der Waals surface area contributed by atoms with Crippen molar-refractivity contribution < 1.29 is 23.7 Å². The van der Waals surface area contributed by atoms with Gasteiger partial charge in [0.15, 0.2) is 0 Å². The Labute approximate surface area is 129 Å². The van der Waals surface area contributed by atoms with Crippen LogP contribution in [0.5, 0.6) is 0 Å². The second kappa shape index (κ2) is 7.05. The molecule has 0 N–H and O–H groups in total. The third kappa shape index (κ3) is 3.21. The summed E-state index contributed by atoms with van der Waals surface area (Å²) < 4.78 is 21.8. The lowest BCUT2D eigenvalue weighted by Crippen LogP contribution is -2.37. The molecule has 2 heterocycles. The van der Waals surface area contributed by atoms with Gasteiger partial charge in [-0.1, -0.05) is 30.3 Å². The number of ether oxygens (including phenoxy) is 4. The van der Waals surface area contributed by atoms with Crippen LogP contribution < -0.4 is 0 Å². The van der Waals surface area contributed by atoms with Crippen molar-refractivity contribution in [3.63, 3.8) is 0 Å². The normalized spacial score (nSPS) is 24.2. The quantitative estimate of drug-likeness (QED) is 0.775. The average molecular weight is 304 g/mol. The molecule has 1 aromatic carbocycles. The molecule has 2 aliphatic heterocycles. The first-order valence-corrected chi connectivity index (χ1v) is 7.41. The molecule has 5 heteroatoms. The minimum atomic E-state index is -0.315. The van der Waals surface area contributed by atoms with E-state index >= 15 is 0 Å². The number of hydrogen-bond donors (Lipinski definition) is 0. The van der Waals surface area contributed by atoms with Crippen LogP contribution in [0.25, 0.3) is 0 Å². The van der Waals surface area contributed by atoms with Crippen LogP contribution in [0, 0.1) is 5.92 Å². The van der Waals surface area contributed by atoms with Crippen molar-refractivity contribution in [2.75, 3.05) is 33.5 Å². The molecule has 1 aromatic rings. The van der Waals surface area contributed by atoms with E-state index in [1.165, 1.54) is 0 Å². The number of methoxy groups -OCH3 is 1. The lowest BCUT2D eigenvalue weighted by molar-refractivity contribution is -0.142. The summed E-state index contributed by atoms with van der Waals surface area (Å²) in [7, 11) is 1.65. The Bertz CT molecular complexity index is 551. The second-order valence-corrected chi connectivity index (χ2v) is 5.49. The van der Waals surface area contributed by atoms with Crippen LogP contribution in [-0.4, -0.2) is 45.6 Å². The summed E-state index contributed by atoms with van der Waals surface area (Å²) in [5.41, 5.74) is 2.58. The van der Waals surface area contributed by atoms with Gasteiger partial charge >= 0.3 is 5.97 Å². The third-order valence-corrected chi connectivity index (χ3v) is 4.07. The molecule has 0 unspecified atom stereocenters. The monoisotopic (exact) mass is 304 g/mol. The number of carbonyl (C=O) groups excluding carboxylic acids is 1. The fourth-order valence-electron chi connectivity index (χ4n) is 2.87. The molecule has 1 fully saturated rings. The molecule has 0 saturated carbocycles. The summed E-state index contributed by atoms with van der Waals surface area (Å²) in [5.74, 6) is -0.224. The topological polar surface area (TPSA) is 54.0 Å². The first-order valence-electron chi connectivity index (χ1n) is 7.41. The molecule has 2 aliphatic rings. The maximum absolute atomic E-state index is 12.3. The molecule has 1 saturated heterocycles. The molecule has 0 bridgehead atoms. The molecule has 118 valence electrons. The Hall–Kier alpha value is -1.69. The Kier molecular flexibility index (Phi) is 4.87. The van der Waals surface area contributed by atoms with E-state index in [0.717, 1.165) is 11.1 Å². The molecule has 0 radical (unpaired) electrons. The van der Waals surface area contributed by atoms with E-state index in [4.69, 9.17) is 18.9 Å². The van der Waals surface area contributed by atoms with Crippen LogP contribution >= 0.6 is 0 Å². The number of hydrogen-bond acceptors (Lipinski definition) is 5. The van der Waals surface area contributed by atoms with Crippen molar-refractivity contribution in [2.24, 2.45) is 5.92 Å². The summed E-state index contributed by atoms with van der Waals surface area (Å²) >= 11 is 0. The van der Waals surface area contributed by atoms with Gasteiger partial charge in [-0.05, 0) is 11.1 Å². The molecular formula is C17H20O5. The highest BCUT2D eigenvalue weighted by molar-refractivity contribution is 5.90. The van der Waals surface area contributed by atoms with Gasteiger partial charge in [0.25, 0.3) is 0 Å². The van der Waals surface area contributed by atoms with Gasteiger partial charge in [0.05, 0.1) is 38.1 Å². The lowest BCUT2D eigenvalue weighted by Gasteiger charge is -2.29. The number of fused-ring (bicyclic) bond motifs is 1. The highest BCUT2D eigenvalue weighted by Crippen LogP contribution is 2.33. The third-order valence-electron chi connectivity index (χ3n) is 4.07. The minimum absolute atomic E-state index is 0.0480. The fourth-order valence-corrected chi connectivity index (χ4v) is 2.87. The molecule has 5 nitrogen and oxygen atoms in total. The Morgan fingerprint density at radius 3 is 2.86 bits per heavy atom. The fraction of sp³-hybridized carbons (Fsp3) is 0.471. The van der Waals surface area contributed by atoms with Crippen molar-refractivity contribution in [3.8, 4) is 0 Å². The predicted octanol–water partition coefficient (Wildman–Crippen LogP) is 1.72. The van der Waals surface area contributed by atoms with Gasteiger partial charge in [0, 0.05) is 13.0 Å². The van der Waals surface area contributed by atoms with Gasteiger partial charge < -0.3 is 18.9 Å². The van der Waals surface area contributed by atoms with Gasteiger partial charge in [0.1, 0.15) is 6.61 Å². The molecule has 0 spiro atoms. The smallest absolute Gasteiger partial charge is 0.336 e. The SMILES string of the molecule is COC[C@H]1OCC(C(=O)OCc2ccccc2)=C2COC[C@@H]21. The number of esters is 1. The first kappa shape index (κ1) is 15.2. The molecule has 0 aromatic heterocycles. The molecule has 2 atom stereocenters. The van der Waals surface area contributed by atoms with Crippen LogP contribution in [0.4, 0.5) is 0 Å². The van der Waals surface area contributed by atoms with Crippen LogP contribution in [0.15, 0.2) is 41.5 Å². The standard InChI is InChI=1S/C17H20O5/c1-19-11-16-14-9-20-8-13(14)15(10-21-16)17(18)22-7-12-5-3-2-4-6-12/h2-6,14,16H,7-11H2,1H3/t14-,16+/m0/s1. The maximum Gasteiger partial charge on any atom is 0.336 e. The Morgan fingerprint density at radius 1 is 1.27 bits per heavy atom. The zero-order valence-corrected chi connectivity index (χ0v) is 12.6. The van der Waals surface area contributed by atoms with E-state index in [0.29, 0.717) is 25.4 Å². The van der Waals surface area contributed by atoms with E-state index in [-0.39, 0.29) is 31.2 Å². The summed E-state index contributed by atoms with van der Waals surface area (Å²) in [6, 6.07) is 9.63. The summed E-state index contributed by atoms with van der Waals surface area (Å²) in [4.78, 5) is 12.3. The Morgan fingerprint density at radius 2 is 2.09 bits per heavy atom. The highest BCUT2D eigenvalue weighted by atomic mass is 16.5. The number of carbonyl (C=O) groups is 1. The van der Waals surface area contributed by atoms with Crippen LogP contribution in [0.3, 0.4) is 0 Å². The van der Waals surface area contributed by atoms with E-state index in [1.54, 1.807) is 7.11 Å². The predicted molar refractivity (Wildman–Crippen MR) is 79.2 cm³/mol. The molecule has 3 rings (SSSR count). The van der Waals surface area contributed by atoms with Gasteiger partial charge in [-0.3, -0.25) is 0 Å². The average Bonchev–Trinajstić information content (AvgIpc) is 3.04. The zero-order valence-electron chi connectivity index (χ0n) is 12.6. The van der Waals surface area contributed by atoms with Crippen LogP contribution in [0.1, 0.15) is 5.56 Å².